The molecule has 0 bridgehead atoms. The number of fused-ring (bicyclic) bond motifs is 1. The van der Waals surface area contributed by atoms with Crippen LogP contribution in [-0.2, 0) is 4.74 Å². The molecule has 9 heteroatoms. The van der Waals surface area contributed by atoms with E-state index in [4.69, 9.17) is 9.47 Å². The molecule has 3 aromatic rings. The number of aromatic carboxylic acids is 1. The van der Waals surface area contributed by atoms with Crippen molar-refractivity contribution in [2.24, 2.45) is 0 Å². The van der Waals surface area contributed by atoms with Gasteiger partial charge < -0.3 is 24.6 Å². The summed E-state index contributed by atoms with van der Waals surface area (Å²) in [6.45, 7) is 1.99. The number of nitrogens with one attached hydrogen (secondary N) is 1. The summed E-state index contributed by atoms with van der Waals surface area (Å²) in [5, 5.41) is 14.5. The highest BCUT2D eigenvalue weighted by atomic mass is 19.3. The second kappa shape index (κ2) is 9.99. The predicted molar refractivity (Wildman–Crippen MR) is 126 cm³/mol. The number of hydrogen-bond acceptors (Lipinski definition) is 5. The molecule has 0 radical (unpaired) electrons. The molecule has 7 nitrogen and oxygen atoms in total. The number of aryl methyl sites for hydroxylation is 1. The lowest BCUT2D eigenvalue weighted by Gasteiger charge is -2.45. The minimum Gasteiger partial charge on any atom is -0.494 e. The summed E-state index contributed by atoms with van der Waals surface area (Å²) >= 11 is 0. The lowest BCUT2D eigenvalue weighted by atomic mass is 9.93. The van der Waals surface area contributed by atoms with Gasteiger partial charge in [0.15, 0.2) is 0 Å². The van der Waals surface area contributed by atoms with E-state index >= 15 is 0 Å². The number of anilines is 1. The fraction of sp³-hybridized carbons (Fsp3) is 0.400. The third-order valence-electron chi connectivity index (χ3n) is 6.43. The van der Waals surface area contributed by atoms with Gasteiger partial charge in [0, 0.05) is 25.2 Å². The number of benzene rings is 2. The van der Waals surface area contributed by atoms with Crippen LogP contribution in [-0.4, -0.2) is 60.9 Å². The molecule has 1 aromatic heterocycles. The lowest BCUT2D eigenvalue weighted by Crippen LogP contribution is -2.49. The van der Waals surface area contributed by atoms with Crippen molar-refractivity contribution in [2.45, 2.75) is 38.3 Å². The molecular formula is C25H29F2N3O4. The van der Waals surface area contributed by atoms with Gasteiger partial charge in [-0.25, -0.2) is 18.6 Å². The zero-order chi connectivity index (χ0) is 24.4. The van der Waals surface area contributed by atoms with Crippen LogP contribution in [0.15, 0.2) is 42.6 Å². The molecule has 2 heterocycles. The van der Waals surface area contributed by atoms with Crippen molar-refractivity contribution in [2.75, 3.05) is 32.3 Å². The van der Waals surface area contributed by atoms with E-state index in [1.165, 1.54) is 0 Å². The van der Waals surface area contributed by atoms with Crippen LogP contribution in [0.5, 0.6) is 5.75 Å². The number of hydrogen-bond donors (Lipinski definition) is 2. The van der Waals surface area contributed by atoms with Gasteiger partial charge in [0.2, 0.25) is 0 Å². The number of rotatable bonds is 8. The van der Waals surface area contributed by atoms with Crippen molar-refractivity contribution < 1.29 is 28.2 Å². The molecule has 2 aromatic carbocycles. The van der Waals surface area contributed by atoms with Gasteiger partial charge in [-0.1, -0.05) is 12.1 Å². The second-order valence-electron chi connectivity index (χ2n) is 8.51. The summed E-state index contributed by atoms with van der Waals surface area (Å²) in [5.41, 5.74) is 4.05. The summed E-state index contributed by atoms with van der Waals surface area (Å²) < 4.78 is 36.8. The Bertz CT molecular complexity index is 1150. The van der Waals surface area contributed by atoms with Gasteiger partial charge >= 0.3 is 5.97 Å². The van der Waals surface area contributed by atoms with E-state index in [0.717, 1.165) is 33.5 Å². The first-order valence-corrected chi connectivity index (χ1v) is 11.2. The number of aromatic nitrogens is 1. The molecule has 1 saturated heterocycles. The van der Waals surface area contributed by atoms with Crippen LogP contribution in [0.2, 0.25) is 0 Å². The smallest absolute Gasteiger partial charge is 0.335 e. The molecule has 0 aliphatic carbocycles. The minimum atomic E-state index is -2.52. The summed E-state index contributed by atoms with van der Waals surface area (Å²) in [4.78, 5) is 14.6. The van der Waals surface area contributed by atoms with Gasteiger partial charge in [-0.15, -0.1) is 0 Å². The Hall–Kier alpha value is -3.17. The third kappa shape index (κ3) is 4.71. The number of H-pyrrole nitrogens is 1. The number of carboxylic acids is 1. The Labute approximate surface area is 196 Å². The third-order valence-corrected chi connectivity index (χ3v) is 6.43. The predicted octanol–water partition coefficient (Wildman–Crippen LogP) is 5.02. The Morgan fingerprint density at radius 2 is 2.03 bits per heavy atom. The Kier molecular flexibility index (Phi) is 7.04. The van der Waals surface area contributed by atoms with Crippen LogP contribution < -0.4 is 9.75 Å². The molecule has 182 valence electrons. The lowest BCUT2D eigenvalue weighted by molar-refractivity contribution is -0.0600. The van der Waals surface area contributed by atoms with E-state index in [1.54, 1.807) is 31.4 Å². The number of hydrazine groups is 1. The average Bonchev–Trinajstić information content (AvgIpc) is 3.32. The normalized spacial score (nSPS) is 19.0. The molecule has 1 aliphatic heterocycles. The fourth-order valence-electron chi connectivity index (χ4n) is 4.78. The highest BCUT2D eigenvalue weighted by molar-refractivity contribution is 5.97. The second-order valence-corrected chi connectivity index (χ2v) is 8.51. The standard InChI is InChI=1S/C25H29F2N3O4/c1-15-12-21(33-3)24(19-8-10-28-23(15)19)29(2)30-11-9-18(34-14-22(26)27)13-20(30)16-4-6-17(7-5-16)25(31)32/h4-8,10,12,18,20,22,28H,9,11,13-14H2,1-3H3,(H,31,32)/t18-,20-/m0/s1. The van der Waals surface area contributed by atoms with Gasteiger partial charge in [-0.3, -0.25) is 0 Å². The van der Waals surface area contributed by atoms with Crippen LogP contribution in [0, 0.1) is 6.92 Å². The summed E-state index contributed by atoms with van der Waals surface area (Å²) in [6, 6.07) is 10.5. The first-order chi connectivity index (χ1) is 16.3. The first kappa shape index (κ1) is 24.0. The Morgan fingerprint density at radius 3 is 2.68 bits per heavy atom. The number of alkyl halides is 2. The molecule has 2 atom stereocenters. The Balaban J connectivity index is 1.71. The number of nitrogens with zero attached hydrogens (tertiary/aromatic N) is 2. The highest BCUT2D eigenvalue weighted by Gasteiger charge is 2.34. The SMILES string of the molecule is COc1cc(C)c2[nH]ccc2c1N(C)N1CC[C@H](OCC(F)F)C[C@H]1c1ccc(C(=O)O)cc1. The summed E-state index contributed by atoms with van der Waals surface area (Å²) in [5.74, 6) is -0.273. The molecule has 0 unspecified atom stereocenters. The number of ether oxygens (including phenoxy) is 2. The van der Waals surface area contributed by atoms with E-state index < -0.39 is 19.0 Å². The number of piperidine rings is 1. The van der Waals surface area contributed by atoms with E-state index in [-0.39, 0.29) is 17.7 Å². The van der Waals surface area contributed by atoms with Crippen LogP contribution >= 0.6 is 0 Å². The molecule has 2 N–H and O–H groups in total. The average molecular weight is 474 g/mol. The molecule has 34 heavy (non-hydrogen) atoms. The van der Waals surface area contributed by atoms with Gasteiger partial charge in [0.1, 0.15) is 18.0 Å². The number of methoxy groups -OCH3 is 1. The van der Waals surface area contributed by atoms with Crippen molar-refractivity contribution in [3.05, 3.63) is 59.3 Å². The van der Waals surface area contributed by atoms with Crippen molar-refractivity contribution >= 4 is 22.6 Å². The molecular weight excluding hydrogens is 444 g/mol. The summed E-state index contributed by atoms with van der Waals surface area (Å²) in [7, 11) is 3.59. The molecule has 1 aliphatic rings. The first-order valence-electron chi connectivity index (χ1n) is 11.2. The van der Waals surface area contributed by atoms with Gasteiger partial charge in [0.05, 0.1) is 30.3 Å². The maximum atomic E-state index is 12.8. The summed E-state index contributed by atoms with van der Waals surface area (Å²) in [6.07, 6.45) is 0.128. The molecule has 0 saturated carbocycles. The molecule has 0 spiro atoms. The fourth-order valence-corrected chi connectivity index (χ4v) is 4.78. The maximum Gasteiger partial charge on any atom is 0.335 e. The monoisotopic (exact) mass is 473 g/mol. The molecule has 0 amide bonds. The number of aromatic amines is 1. The van der Waals surface area contributed by atoms with Crippen LogP contribution in [0.25, 0.3) is 10.9 Å². The van der Waals surface area contributed by atoms with E-state index in [2.05, 4.69) is 9.99 Å². The van der Waals surface area contributed by atoms with Gasteiger partial charge in [-0.05, 0) is 55.2 Å². The van der Waals surface area contributed by atoms with Crippen LogP contribution in [0.1, 0.15) is 40.4 Å². The zero-order valence-corrected chi connectivity index (χ0v) is 19.4. The van der Waals surface area contributed by atoms with Crippen LogP contribution in [0.3, 0.4) is 0 Å². The van der Waals surface area contributed by atoms with Crippen molar-refractivity contribution in [3.8, 4) is 5.75 Å². The highest BCUT2D eigenvalue weighted by Crippen LogP contribution is 2.42. The maximum absolute atomic E-state index is 12.8. The molecule has 4 rings (SSSR count). The van der Waals surface area contributed by atoms with E-state index in [0.29, 0.717) is 19.4 Å². The van der Waals surface area contributed by atoms with Gasteiger partial charge in [-0.2, -0.15) is 0 Å². The number of halogens is 2. The van der Waals surface area contributed by atoms with Crippen molar-refractivity contribution in [3.63, 3.8) is 0 Å². The van der Waals surface area contributed by atoms with Crippen LogP contribution in [0.4, 0.5) is 14.5 Å². The van der Waals surface area contributed by atoms with E-state index in [9.17, 15) is 18.7 Å². The Morgan fingerprint density at radius 1 is 1.29 bits per heavy atom. The largest absolute Gasteiger partial charge is 0.494 e. The van der Waals surface area contributed by atoms with E-state index in [1.807, 2.05) is 37.3 Å². The minimum absolute atomic E-state index is 0.194. The number of carbonyl (C=O) groups is 1. The molecule has 1 fully saturated rings. The zero-order valence-electron chi connectivity index (χ0n) is 19.4. The number of carboxylic acid groups (broad SMARTS) is 1. The quantitative estimate of drug-likeness (QED) is 0.478. The van der Waals surface area contributed by atoms with Gasteiger partial charge in [0.25, 0.3) is 6.43 Å². The van der Waals surface area contributed by atoms with Crippen molar-refractivity contribution in [1.82, 2.24) is 9.99 Å². The topological polar surface area (TPSA) is 78.0 Å². The van der Waals surface area contributed by atoms with Crippen molar-refractivity contribution in [1.29, 1.82) is 0 Å².